The summed E-state index contributed by atoms with van der Waals surface area (Å²) in [4.78, 5) is 14.5. The van der Waals surface area contributed by atoms with Gasteiger partial charge in [0.2, 0.25) is 5.91 Å². The Morgan fingerprint density at radius 3 is 2.89 bits per heavy atom. The fourth-order valence-electron chi connectivity index (χ4n) is 2.95. The molecule has 2 saturated heterocycles. The second-order valence-electron chi connectivity index (χ2n) is 5.64. The predicted molar refractivity (Wildman–Crippen MR) is 79.0 cm³/mol. The Morgan fingerprint density at radius 1 is 1.42 bits per heavy atom. The molecule has 2 heterocycles. The lowest BCUT2D eigenvalue weighted by Gasteiger charge is -2.28. The summed E-state index contributed by atoms with van der Waals surface area (Å²) >= 11 is 2.01. The number of hydrogen-bond donors (Lipinski definition) is 1. The summed E-state index contributed by atoms with van der Waals surface area (Å²) in [6.45, 7) is 3.83. The van der Waals surface area contributed by atoms with E-state index in [9.17, 15) is 4.79 Å². The molecule has 102 valence electrons. The first-order chi connectivity index (χ1) is 9.18. The quantitative estimate of drug-likeness (QED) is 0.920. The Hall–Kier alpha value is -1.000. The first-order valence-corrected chi connectivity index (χ1v) is 7.88. The van der Waals surface area contributed by atoms with Crippen LogP contribution in [0.15, 0.2) is 30.3 Å². The van der Waals surface area contributed by atoms with Crippen molar-refractivity contribution in [2.75, 3.05) is 19.0 Å². The third-order valence-electron chi connectivity index (χ3n) is 4.00. The van der Waals surface area contributed by atoms with E-state index >= 15 is 0 Å². The molecule has 3 rings (SSSR count). The number of carbonyl (C=O) groups is 1. The average Bonchev–Trinajstić information content (AvgIpc) is 2.99. The van der Waals surface area contributed by atoms with Gasteiger partial charge in [0.15, 0.2) is 0 Å². The maximum atomic E-state index is 12.5. The van der Waals surface area contributed by atoms with Crippen molar-refractivity contribution in [1.82, 2.24) is 10.2 Å². The van der Waals surface area contributed by atoms with Crippen LogP contribution in [0.2, 0.25) is 0 Å². The van der Waals surface area contributed by atoms with Gasteiger partial charge in [0.05, 0.1) is 6.67 Å². The van der Waals surface area contributed by atoms with E-state index in [0.29, 0.717) is 6.67 Å². The molecule has 2 fully saturated rings. The van der Waals surface area contributed by atoms with E-state index < -0.39 is 0 Å². The molecule has 1 aromatic rings. The lowest BCUT2D eigenvalue weighted by molar-refractivity contribution is -0.129. The van der Waals surface area contributed by atoms with Crippen LogP contribution in [-0.2, 0) is 4.79 Å². The minimum atomic E-state index is -0.156. The summed E-state index contributed by atoms with van der Waals surface area (Å²) in [6, 6.07) is 9.84. The van der Waals surface area contributed by atoms with E-state index in [0.717, 1.165) is 12.1 Å². The highest BCUT2D eigenvalue weighted by molar-refractivity contribution is 8.00. The largest absolute Gasteiger partial charge is 0.327 e. The van der Waals surface area contributed by atoms with Crippen LogP contribution < -0.4 is 5.32 Å². The zero-order chi connectivity index (χ0) is 13.3. The van der Waals surface area contributed by atoms with Crippen molar-refractivity contribution >= 4 is 17.7 Å². The van der Waals surface area contributed by atoms with Crippen molar-refractivity contribution < 1.29 is 4.79 Å². The number of thioether (sulfide) groups is 1. The van der Waals surface area contributed by atoms with Crippen LogP contribution in [0.4, 0.5) is 0 Å². The number of amides is 1. The molecular weight excluding hydrogens is 256 g/mol. The summed E-state index contributed by atoms with van der Waals surface area (Å²) in [5.41, 5.74) is 1.07. The van der Waals surface area contributed by atoms with Gasteiger partial charge < -0.3 is 4.90 Å². The highest BCUT2D eigenvalue weighted by Crippen LogP contribution is 2.39. The number of rotatable bonds is 3. The SMILES string of the molecule is CC1(CN2CNC(c3ccccc3)C2=O)CCCS1. The van der Waals surface area contributed by atoms with Gasteiger partial charge in [-0.05, 0) is 31.1 Å². The maximum Gasteiger partial charge on any atom is 0.245 e. The summed E-state index contributed by atoms with van der Waals surface area (Å²) in [6.07, 6.45) is 2.50. The number of nitrogens with one attached hydrogen (secondary N) is 1. The van der Waals surface area contributed by atoms with Crippen LogP contribution in [0.5, 0.6) is 0 Å². The molecule has 2 atom stereocenters. The molecule has 0 saturated carbocycles. The van der Waals surface area contributed by atoms with E-state index in [-0.39, 0.29) is 16.7 Å². The number of hydrogen-bond acceptors (Lipinski definition) is 3. The number of nitrogens with zero attached hydrogens (tertiary/aromatic N) is 1. The van der Waals surface area contributed by atoms with Crippen LogP contribution >= 0.6 is 11.8 Å². The first kappa shape index (κ1) is 13.0. The van der Waals surface area contributed by atoms with Crippen molar-refractivity contribution in [2.24, 2.45) is 0 Å². The monoisotopic (exact) mass is 276 g/mol. The molecule has 1 amide bonds. The first-order valence-electron chi connectivity index (χ1n) is 6.89. The maximum absolute atomic E-state index is 12.5. The Kier molecular flexibility index (Phi) is 3.54. The normalized spacial score (nSPS) is 31.1. The molecule has 0 bridgehead atoms. The molecule has 4 heteroatoms. The summed E-state index contributed by atoms with van der Waals surface area (Å²) in [5, 5.41) is 3.33. The number of benzene rings is 1. The van der Waals surface area contributed by atoms with Crippen LogP contribution in [0.25, 0.3) is 0 Å². The number of carbonyl (C=O) groups excluding carboxylic acids is 1. The summed E-state index contributed by atoms with van der Waals surface area (Å²) in [7, 11) is 0. The van der Waals surface area contributed by atoms with E-state index in [4.69, 9.17) is 0 Å². The van der Waals surface area contributed by atoms with Crippen LogP contribution in [0, 0.1) is 0 Å². The molecule has 2 unspecified atom stereocenters. The Labute approximate surface area is 118 Å². The van der Waals surface area contributed by atoms with Gasteiger partial charge in [0.1, 0.15) is 6.04 Å². The molecule has 1 N–H and O–H groups in total. The molecule has 2 aliphatic rings. The predicted octanol–water partition coefficient (Wildman–Crippen LogP) is 2.40. The van der Waals surface area contributed by atoms with Gasteiger partial charge in [-0.2, -0.15) is 11.8 Å². The van der Waals surface area contributed by atoms with Crippen molar-refractivity contribution in [3.8, 4) is 0 Å². The standard InChI is InChI=1S/C15H20N2OS/c1-15(8-5-9-19-15)10-17-11-16-13(14(17)18)12-6-3-2-4-7-12/h2-4,6-7,13,16H,5,8-11H2,1H3. The van der Waals surface area contributed by atoms with E-state index in [1.807, 2.05) is 47.0 Å². The fourth-order valence-corrected chi connectivity index (χ4v) is 4.27. The van der Waals surface area contributed by atoms with E-state index in [1.165, 1.54) is 18.6 Å². The van der Waals surface area contributed by atoms with Crippen LogP contribution in [0.1, 0.15) is 31.4 Å². The lowest BCUT2D eigenvalue weighted by atomic mass is 10.0. The molecule has 0 spiro atoms. The Morgan fingerprint density at radius 2 is 2.21 bits per heavy atom. The Balaban J connectivity index is 1.69. The van der Waals surface area contributed by atoms with Gasteiger partial charge in [-0.25, -0.2) is 0 Å². The van der Waals surface area contributed by atoms with Gasteiger partial charge in [-0.15, -0.1) is 0 Å². The molecule has 0 aliphatic carbocycles. The average molecular weight is 276 g/mol. The molecule has 1 aromatic carbocycles. The molecule has 2 aliphatic heterocycles. The summed E-state index contributed by atoms with van der Waals surface area (Å²) < 4.78 is 0.253. The molecule has 3 nitrogen and oxygen atoms in total. The molecule has 0 aromatic heterocycles. The highest BCUT2D eigenvalue weighted by Gasteiger charge is 2.38. The molecule has 0 radical (unpaired) electrons. The lowest BCUT2D eigenvalue weighted by Crippen LogP contribution is -2.38. The minimum absolute atomic E-state index is 0.156. The third kappa shape index (κ3) is 2.65. The minimum Gasteiger partial charge on any atom is -0.327 e. The van der Waals surface area contributed by atoms with Crippen molar-refractivity contribution in [3.05, 3.63) is 35.9 Å². The molecular formula is C15H20N2OS. The molecule has 19 heavy (non-hydrogen) atoms. The van der Waals surface area contributed by atoms with Gasteiger partial charge in [0, 0.05) is 11.3 Å². The topological polar surface area (TPSA) is 32.3 Å². The van der Waals surface area contributed by atoms with Gasteiger partial charge in [-0.3, -0.25) is 10.1 Å². The van der Waals surface area contributed by atoms with Gasteiger partial charge >= 0.3 is 0 Å². The smallest absolute Gasteiger partial charge is 0.245 e. The highest BCUT2D eigenvalue weighted by atomic mass is 32.2. The Bertz CT molecular complexity index is 456. The summed E-state index contributed by atoms with van der Waals surface area (Å²) in [5.74, 6) is 1.45. The second-order valence-corrected chi connectivity index (χ2v) is 7.33. The van der Waals surface area contributed by atoms with Crippen molar-refractivity contribution in [2.45, 2.75) is 30.6 Å². The third-order valence-corrected chi connectivity index (χ3v) is 5.53. The van der Waals surface area contributed by atoms with E-state index in [1.54, 1.807) is 0 Å². The van der Waals surface area contributed by atoms with Gasteiger partial charge in [0.25, 0.3) is 0 Å². The van der Waals surface area contributed by atoms with E-state index in [2.05, 4.69) is 12.2 Å². The van der Waals surface area contributed by atoms with Crippen molar-refractivity contribution in [3.63, 3.8) is 0 Å². The zero-order valence-electron chi connectivity index (χ0n) is 11.3. The second kappa shape index (κ2) is 5.17. The van der Waals surface area contributed by atoms with Crippen LogP contribution in [-0.4, -0.2) is 34.5 Å². The fraction of sp³-hybridized carbons (Fsp3) is 0.533. The van der Waals surface area contributed by atoms with Crippen LogP contribution in [0.3, 0.4) is 0 Å². The van der Waals surface area contributed by atoms with Crippen molar-refractivity contribution in [1.29, 1.82) is 0 Å². The zero-order valence-corrected chi connectivity index (χ0v) is 12.1. The van der Waals surface area contributed by atoms with Gasteiger partial charge in [-0.1, -0.05) is 30.3 Å².